The van der Waals surface area contributed by atoms with E-state index in [1.807, 2.05) is 0 Å². The van der Waals surface area contributed by atoms with Gasteiger partial charge in [-0.15, -0.1) is 0 Å². The van der Waals surface area contributed by atoms with Crippen LogP contribution in [0.25, 0.3) is 0 Å². The van der Waals surface area contributed by atoms with Crippen LogP contribution in [0.1, 0.15) is 58.9 Å². The van der Waals surface area contributed by atoms with E-state index in [2.05, 4.69) is 15.5 Å². The molecular formula is C31H39N5O7. The third-order valence-corrected chi connectivity index (χ3v) is 6.51. The van der Waals surface area contributed by atoms with Crippen LogP contribution in [-0.4, -0.2) is 59.4 Å². The number of carbonyl (C=O) groups is 5. The molecule has 3 amide bonds. The molecular weight excluding hydrogens is 554 g/mol. The van der Waals surface area contributed by atoms with E-state index in [-0.39, 0.29) is 50.5 Å². The third-order valence-electron chi connectivity index (χ3n) is 6.51. The van der Waals surface area contributed by atoms with E-state index in [1.165, 1.54) is 0 Å². The maximum Gasteiger partial charge on any atom is 0.417 e. The zero-order valence-corrected chi connectivity index (χ0v) is 25.0. The molecule has 1 saturated heterocycles. The number of nitrogens with zero attached hydrogens (tertiary/aromatic N) is 3. The van der Waals surface area contributed by atoms with Crippen molar-refractivity contribution >= 4 is 46.7 Å². The first-order valence-corrected chi connectivity index (χ1v) is 14.2. The lowest BCUT2D eigenvalue weighted by Gasteiger charge is -2.26. The Labute approximate surface area is 251 Å². The first-order valence-electron chi connectivity index (χ1n) is 14.2. The van der Waals surface area contributed by atoms with Crippen molar-refractivity contribution in [2.45, 2.75) is 71.4 Å². The summed E-state index contributed by atoms with van der Waals surface area (Å²) in [5, 5.41) is 10.9. The van der Waals surface area contributed by atoms with E-state index in [0.717, 1.165) is 10.5 Å². The van der Waals surface area contributed by atoms with Gasteiger partial charge in [0.05, 0.1) is 24.5 Å². The van der Waals surface area contributed by atoms with Gasteiger partial charge in [0, 0.05) is 24.4 Å². The van der Waals surface area contributed by atoms with E-state index < -0.39 is 35.5 Å². The van der Waals surface area contributed by atoms with Crippen molar-refractivity contribution in [2.24, 2.45) is 16.1 Å². The van der Waals surface area contributed by atoms with Crippen molar-refractivity contribution in [1.29, 1.82) is 0 Å². The van der Waals surface area contributed by atoms with Crippen molar-refractivity contribution in [2.75, 3.05) is 18.9 Å². The van der Waals surface area contributed by atoms with Crippen LogP contribution < -0.4 is 11.1 Å². The van der Waals surface area contributed by atoms with E-state index >= 15 is 0 Å². The molecule has 0 radical (unpaired) electrons. The molecule has 12 heteroatoms. The molecule has 1 fully saturated rings. The highest BCUT2D eigenvalue weighted by atomic mass is 16.6. The normalized spacial score (nSPS) is 16.7. The summed E-state index contributed by atoms with van der Waals surface area (Å²) < 4.78 is 10.4. The summed E-state index contributed by atoms with van der Waals surface area (Å²) in [7, 11) is 0. The Morgan fingerprint density at radius 1 is 1.00 bits per heavy atom. The number of ether oxygens (including phenoxy) is 2. The molecule has 0 saturated carbocycles. The number of nitrogen functional groups attached to an aromatic ring is 1. The van der Waals surface area contributed by atoms with Crippen molar-refractivity contribution in [3.63, 3.8) is 0 Å². The smallest absolute Gasteiger partial charge is 0.417 e. The molecule has 43 heavy (non-hydrogen) atoms. The standard InChI is InChI=1S/C31H39N5O7/c1-5-42-29(40)26-18-21(28(39)36(26)30(41)43-31(2,3)4)7-6-8-27(38)33-19-25(37)17-20-9-13-23(14-10-20)34-35-24-15-11-22(32)12-16-24/h9-16,21,26H,5-8,17-19,32H2,1-4H3,(H,33,38)/t21?,26-/m0/s1. The number of nitrogens with one attached hydrogen (secondary N) is 1. The molecule has 0 aromatic heterocycles. The van der Waals surface area contributed by atoms with Gasteiger partial charge in [-0.25, -0.2) is 14.5 Å². The highest BCUT2D eigenvalue weighted by molar-refractivity contribution is 6.00. The Morgan fingerprint density at radius 3 is 2.19 bits per heavy atom. The Bertz CT molecular complexity index is 1330. The lowest BCUT2D eigenvalue weighted by Crippen LogP contribution is -2.46. The molecule has 1 heterocycles. The minimum atomic E-state index is -1.07. The third kappa shape index (κ3) is 10.3. The fourth-order valence-corrected chi connectivity index (χ4v) is 4.46. The molecule has 0 aliphatic carbocycles. The molecule has 2 aromatic carbocycles. The van der Waals surface area contributed by atoms with Crippen LogP contribution in [0.15, 0.2) is 58.8 Å². The highest BCUT2D eigenvalue weighted by Crippen LogP contribution is 2.31. The Balaban J connectivity index is 1.42. The number of esters is 1. The van der Waals surface area contributed by atoms with Crippen LogP contribution in [0.2, 0.25) is 0 Å². The SMILES string of the molecule is CCOC(=O)[C@@H]1CC(CCCC(=O)NCC(=O)Cc2ccc(N=Nc3ccc(N)cc3)cc2)C(=O)N1C(=O)OC(C)(C)C. The van der Waals surface area contributed by atoms with E-state index in [4.69, 9.17) is 15.2 Å². The molecule has 1 unspecified atom stereocenters. The summed E-state index contributed by atoms with van der Waals surface area (Å²) in [5.41, 5.74) is 7.53. The number of Topliss-reactive ketones (excluding diaryl/α,β-unsaturated/α-hetero) is 1. The predicted octanol–water partition coefficient (Wildman–Crippen LogP) is 4.80. The zero-order valence-electron chi connectivity index (χ0n) is 25.0. The molecule has 3 rings (SSSR count). The number of hydrogen-bond donors (Lipinski definition) is 2. The Hall–Kier alpha value is -4.61. The summed E-state index contributed by atoms with van der Waals surface area (Å²) in [6.45, 7) is 6.62. The van der Waals surface area contributed by atoms with Gasteiger partial charge in [0.15, 0.2) is 5.78 Å². The first-order chi connectivity index (χ1) is 20.4. The number of carbonyl (C=O) groups excluding carboxylic acids is 5. The topological polar surface area (TPSA) is 170 Å². The largest absolute Gasteiger partial charge is 0.464 e. The maximum atomic E-state index is 13.0. The summed E-state index contributed by atoms with van der Waals surface area (Å²) in [6.07, 6.45) is 0.0475. The summed E-state index contributed by atoms with van der Waals surface area (Å²) in [6, 6.07) is 13.0. The number of anilines is 1. The van der Waals surface area contributed by atoms with E-state index in [0.29, 0.717) is 23.5 Å². The van der Waals surface area contributed by atoms with Crippen LogP contribution in [-0.2, 0) is 35.1 Å². The van der Waals surface area contributed by atoms with Crippen LogP contribution in [0.3, 0.4) is 0 Å². The number of imide groups is 1. The van der Waals surface area contributed by atoms with Gasteiger partial charge >= 0.3 is 12.1 Å². The average Bonchev–Trinajstić information content (AvgIpc) is 3.28. The molecule has 0 bridgehead atoms. The van der Waals surface area contributed by atoms with Crippen LogP contribution in [0, 0.1) is 5.92 Å². The summed E-state index contributed by atoms with van der Waals surface area (Å²) in [5.74, 6) is -2.33. The number of nitrogens with two attached hydrogens (primary N) is 1. The van der Waals surface area contributed by atoms with Gasteiger partial charge < -0.3 is 20.5 Å². The van der Waals surface area contributed by atoms with E-state index in [9.17, 15) is 24.0 Å². The maximum absolute atomic E-state index is 13.0. The molecule has 2 atom stereocenters. The number of amides is 3. The number of likely N-dealkylation sites (tertiary alicyclic amines) is 1. The molecule has 2 aromatic rings. The van der Waals surface area contributed by atoms with Gasteiger partial charge in [-0.05, 0) is 88.9 Å². The molecule has 230 valence electrons. The molecule has 1 aliphatic rings. The molecule has 12 nitrogen and oxygen atoms in total. The lowest BCUT2D eigenvalue weighted by atomic mass is 9.98. The number of benzene rings is 2. The van der Waals surface area contributed by atoms with Gasteiger partial charge in [-0.2, -0.15) is 10.2 Å². The van der Waals surface area contributed by atoms with Gasteiger partial charge in [0.2, 0.25) is 11.8 Å². The summed E-state index contributed by atoms with van der Waals surface area (Å²) >= 11 is 0. The van der Waals surface area contributed by atoms with Crippen molar-refractivity contribution in [3.8, 4) is 0 Å². The predicted molar refractivity (Wildman–Crippen MR) is 159 cm³/mol. The molecule has 0 spiro atoms. The minimum absolute atomic E-state index is 0.0846. The monoisotopic (exact) mass is 593 g/mol. The van der Waals surface area contributed by atoms with E-state index in [1.54, 1.807) is 76.2 Å². The Morgan fingerprint density at radius 2 is 1.60 bits per heavy atom. The van der Waals surface area contributed by atoms with Gasteiger partial charge in [0.1, 0.15) is 11.6 Å². The van der Waals surface area contributed by atoms with Gasteiger partial charge in [0.25, 0.3) is 0 Å². The number of rotatable bonds is 12. The second-order valence-corrected chi connectivity index (χ2v) is 11.2. The van der Waals surface area contributed by atoms with Gasteiger partial charge in [-0.3, -0.25) is 14.4 Å². The fraction of sp³-hybridized carbons (Fsp3) is 0.452. The van der Waals surface area contributed by atoms with Crippen molar-refractivity contribution in [1.82, 2.24) is 10.2 Å². The summed E-state index contributed by atoms with van der Waals surface area (Å²) in [4.78, 5) is 63.7. The van der Waals surface area contributed by atoms with Crippen LogP contribution in [0.4, 0.5) is 21.9 Å². The second-order valence-electron chi connectivity index (χ2n) is 11.2. The second kappa shape index (κ2) is 15.0. The van der Waals surface area contributed by atoms with Crippen molar-refractivity contribution < 1.29 is 33.4 Å². The highest BCUT2D eigenvalue weighted by Gasteiger charge is 2.48. The van der Waals surface area contributed by atoms with Crippen LogP contribution in [0.5, 0.6) is 0 Å². The lowest BCUT2D eigenvalue weighted by molar-refractivity contribution is -0.151. The average molecular weight is 594 g/mol. The minimum Gasteiger partial charge on any atom is -0.464 e. The first kappa shape index (κ1) is 32.9. The van der Waals surface area contributed by atoms with Gasteiger partial charge in [-0.1, -0.05) is 12.1 Å². The fourth-order valence-electron chi connectivity index (χ4n) is 4.46. The zero-order chi connectivity index (χ0) is 31.6. The quantitative estimate of drug-likeness (QED) is 0.201. The van der Waals surface area contributed by atoms with Crippen LogP contribution >= 0.6 is 0 Å². The number of ketones is 1. The Kier molecular flexibility index (Phi) is 11.5. The number of hydrogen-bond acceptors (Lipinski definition) is 10. The molecule has 3 N–H and O–H groups in total. The molecule has 1 aliphatic heterocycles. The number of azo groups is 1. The van der Waals surface area contributed by atoms with Crippen molar-refractivity contribution in [3.05, 3.63) is 54.1 Å².